The summed E-state index contributed by atoms with van der Waals surface area (Å²) < 4.78 is 11.4. The second kappa shape index (κ2) is 8.96. The lowest BCUT2D eigenvalue weighted by Gasteiger charge is -2.28. The van der Waals surface area contributed by atoms with Crippen LogP contribution < -0.4 is 9.64 Å². The first-order valence-electron chi connectivity index (χ1n) is 11.2. The molecule has 0 aliphatic carbocycles. The number of aliphatic hydroxyl groups excluding tert-OH is 1. The molecule has 7 heteroatoms. The van der Waals surface area contributed by atoms with Crippen molar-refractivity contribution < 1.29 is 23.8 Å². The molecule has 0 bridgehead atoms. The van der Waals surface area contributed by atoms with Crippen LogP contribution in [0.25, 0.3) is 11.0 Å². The van der Waals surface area contributed by atoms with E-state index in [-0.39, 0.29) is 11.3 Å². The quantitative estimate of drug-likeness (QED) is 0.311. The first-order valence-corrected chi connectivity index (χ1v) is 11.6. The van der Waals surface area contributed by atoms with Crippen LogP contribution in [0.4, 0.5) is 5.69 Å². The minimum absolute atomic E-state index is 0.0140. The summed E-state index contributed by atoms with van der Waals surface area (Å²) in [5.74, 6) is -1.26. The Hall–Kier alpha value is -4.03. The van der Waals surface area contributed by atoms with Gasteiger partial charge in [-0.2, -0.15) is 0 Å². The van der Waals surface area contributed by atoms with Crippen LogP contribution in [-0.4, -0.2) is 23.4 Å². The van der Waals surface area contributed by atoms with Crippen LogP contribution in [0.15, 0.2) is 88.5 Å². The summed E-state index contributed by atoms with van der Waals surface area (Å²) in [6.07, 6.45) is 0. The van der Waals surface area contributed by atoms with E-state index in [2.05, 4.69) is 0 Å². The van der Waals surface area contributed by atoms with Crippen LogP contribution in [0, 0.1) is 6.92 Å². The Labute approximate surface area is 207 Å². The molecule has 0 fully saturated rings. The van der Waals surface area contributed by atoms with E-state index in [4.69, 9.17) is 20.8 Å². The zero-order valence-electron chi connectivity index (χ0n) is 19.1. The molecule has 1 amide bonds. The monoisotopic (exact) mass is 487 g/mol. The number of rotatable bonds is 6. The van der Waals surface area contributed by atoms with Gasteiger partial charge in [0.25, 0.3) is 5.91 Å². The summed E-state index contributed by atoms with van der Waals surface area (Å²) in [4.78, 5) is 28.6. The van der Waals surface area contributed by atoms with Crippen LogP contribution in [0.2, 0.25) is 5.02 Å². The smallest absolute Gasteiger partial charge is 0.294 e. The number of aryl methyl sites for hydroxylation is 1. The highest BCUT2D eigenvalue weighted by Crippen LogP contribution is 2.44. The summed E-state index contributed by atoms with van der Waals surface area (Å²) >= 11 is 6.08. The molecule has 0 radical (unpaired) electrons. The van der Waals surface area contributed by atoms with E-state index in [1.54, 1.807) is 48.5 Å². The maximum absolute atomic E-state index is 13.8. The van der Waals surface area contributed by atoms with Gasteiger partial charge in [0.15, 0.2) is 11.5 Å². The second-order valence-corrected chi connectivity index (χ2v) is 8.69. The molecule has 1 atom stereocenters. The van der Waals surface area contributed by atoms with Gasteiger partial charge in [-0.3, -0.25) is 14.5 Å². The number of hydrogen-bond acceptors (Lipinski definition) is 5. The molecule has 1 aliphatic heterocycles. The number of carbonyl (C=O) groups excluding carboxylic acids is 2. The van der Waals surface area contributed by atoms with E-state index in [1.165, 1.54) is 4.90 Å². The molecule has 4 aromatic rings. The minimum Gasteiger partial charge on any atom is -0.503 e. The summed E-state index contributed by atoms with van der Waals surface area (Å²) in [6.45, 7) is 4.23. The van der Waals surface area contributed by atoms with Crippen LogP contribution in [0.1, 0.15) is 34.6 Å². The molecule has 0 spiro atoms. The lowest BCUT2D eigenvalue weighted by Crippen LogP contribution is -2.31. The number of halogens is 1. The van der Waals surface area contributed by atoms with E-state index >= 15 is 0 Å². The molecule has 1 aromatic heterocycles. The fourth-order valence-electron chi connectivity index (χ4n) is 4.44. The maximum atomic E-state index is 13.8. The van der Waals surface area contributed by atoms with E-state index in [0.717, 1.165) is 5.56 Å². The standard InChI is InChI=1S/C28H22ClNO5/c1-3-34-20-9-6-8-19(15-20)30-25(21-10-5-4-7-16(21)2)24(27(32)28(30)33)26(31)23-14-17-13-18(29)11-12-22(17)35-23/h4-15,25,32H,3H2,1-2H3. The van der Waals surface area contributed by atoms with Crippen molar-refractivity contribution in [3.63, 3.8) is 0 Å². The normalized spacial score (nSPS) is 15.8. The number of furan rings is 1. The average Bonchev–Trinajstić information content (AvgIpc) is 3.38. The van der Waals surface area contributed by atoms with Crippen molar-refractivity contribution >= 4 is 39.9 Å². The van der Waals surface area contributed by atoms with E-state index in [1.807, 2.05) is 38.1 Å². The number of ether oxygens (including phenoxy) is 1. The Morgan fingerprint density at radius 1 is 1.09 bits per heavy atom. The highest BCUT2D eigenvalue weighted by molar-refractivity contribution is 6.31. The predicted molar refractivity (Wildman–Crippen MR) is 134 cm³/mol. The van der Waals surface area contributed by atoms with Crippen LogP contribution in [0.5, 0.6) is 5.75 Å². The Morgan fingerprint density at radius 2 is 1.89 bits per heavy atom. The number of Topliss-reactive ketones (excluding diaryl/α,β-unsaturated/α-hetero) is 1. The van der Waals surface area contributed by atoms with E-state index in [0.29, 0.717) is 39.6 Å². The van der Waals surface area contributed by atoms with Crippen molar-refractivity contribution in [1.29, 1.82) is 0 Å². The lowest BCUT2D eigenvalue weighted by atomic mass is 9.92. The number of hydrogen-bond donors (Lipinski definition) is 1. The second-order valence-electron chi connectivity index (χ2n) is 8.25. The number of anilines is 1. The Morgan fingerprint density at radius 3 is 2.66 bits per heavy atom. The number of amides is 1. The molecule has 5 rings (SSSR count). The molecular formula is C28H22ClNO5. The number of fused-ring (bicyclic) bond motifs is 1. The van der Waals surface area contributed by atoms with Gasteiger partial charge in [-0.1, -0.05) is 41.9 Å². The fraction of sp³-hybridized carbons (Fsp3) is 0.143. The van der Waals surface area contributed by atoms with Crippen molar-refractivity contribution in [2.45, 2.75) is 19.9 Å². The van der Waals surface area contributed by atoms with E-state index in [9.17, 15) is 14.7 Å². The van der Waals surface area contributed by atoms with Gasteiger partial charge < -0.3 is 14.3 Å². The number of nitrogens with zero attached hydrogens (tertiary/aromatic N) is 1. The maximum Gasteiger partial charge on any atom is 0.294 e. The number of carbonyl (C=O) groups is 2. The minimum atomic E-state index is -0.857. The van der Waals surface area contributed by atoms with Gasteiger partial charge in [0.1, 0.15) is 11.3 Å². The molecule has 2 heterocycles. The fourth-order valence-corrected chi connectivity index (χ4v) is 4.62. The predicted octanol–water partition coefficient (Wildman–Crippen LogP) is 6.58. The zero-order chi connectivity index (χ0) is 24.7. The molecule has 1 unspecified atom stereocenters. The van der Waals surface area contributed by atoms with Crippen molar-refractivity contribution in [1.82, 2.24) is 0 Å². The van der Waals surface area contributed by atoms with Gasteiger partial charge in [-0.05, 0) is 61.4 Å². The van der Waals surface area contributed by atoms with Gasteiger partial charge >= 0.3 is 0 Å². The van der Waals surface area contributed by atoms with Gasteiger partial charge in [-0.15, -0.1) is 0 Å². The largest absolute Gasteiger partial charge is 0.503 e. The molecular weight excluding hydrogens is 466 g/mol. The first-order chi connectivity index (χ1) is 16.9. The number of benzene rings is 3. The Bertz CT molecular complexity index is 1500. The molecule has 176 valence electrons. The molecule has 35 heavy (non-hydrogen) atoms. The van der Waals surface area contributed by atoms with Crippen LogP contribution in [-0.2, 0) is 4.79 Å². The van der Waals surface area contributed by atoms with Crippen molar-refractivity contribution in [2.75, 3.05) is 11.5 Å². The molecule has 0 saturated heterocycles. The van der Waals surface area contributed by atoms with Crippen molar-refractivity contribution in [3.05, 3.63) is 106 Å². The Balaban J connectivity index is 1.66. The highest BCUT2D eigenvalue weighted by atomic mass is 35.5. The zero-order valence-corrected chi connectivity index (χ0v) is 19.9. The van der Waals surface area contributed by atoms with Crippen molar-refractivity contribution in [2.24, 2.45) is 0 Å². The van der Waals surface area contributed by atoms with Crippen LogP contribution in [0.3, 0.4) is 0 Å². The molecule has 6 nitrogen and oxygen atoms in total. The molecule has 1 aliphatic rings. The topological polar surface area (TPSA) is 80.0 Å². The third kappa shape index (κ3) is 3.96. The van der Waals surface area contributed by atoms with Crippen LogP contribution >= 0.6 is 11.6 Å². The summed E-state index contributed by atoms with van der Waals surface area (Å²) in [6, 6.07) is 20.2. The third-order valence-electron chi connectivity index (χ3n) is 6.04. The highest BCUT2D eigenvalue weighted by Gasteiger charge is 2.45. The van der Waals surface area contributed by atoms with Gasteiger partial charge in [-0.25, -0.2) is 0 Å². The van der Waals surface area contributed by atoms with Gasteiger partial charge in [0.2, 0.25) is 5.78 Å². The summed E-state index contributed by atoms with van der Waals surface area (Å²) in [7, 11) is 0. The first kappa shape index (κ1) is 22.7. The average molecular weight is 488 g/mol. The number of aliphatic hydroxyl groups is 1. The lowest BCUT2D eigenvalue weighted by molar-refractivity contribution is -0.117. The van der Waals surface area contributed by atoms with E-state index < -0.39 is 23.5 Å². The summed E-state index contributed by atoms with van der Waals surface area (Å²) in [5, 5.41) is 12.2. The Kier molecular flexibility index (Phi) is 5.83. The SMILES string of the molecule is CCOc1cccc(N2C(=O)C(O)=C(C(=O)c3cc4cc(Cl)ccc4o3)C2c2ccccc2C)c1. The van der Waals surface area contributed by atoms with Crippen molar-refractivity contribution in [3.8, 4) is 5.75 Å². The number of ketones is 1. The molecule has 1 N–H and O–H groups in total. The van der Waals surface area contributed by atoms with Gasteiger partial charge in [0.05, 0.1) is 18.2 Å². The molecule has 0 saturated carbocycles. The summed E-state index contributed by atoms with van der Waals surface area (Å²) in [5.41, 5.74) is 2.52. The third-order valence-corrected chi connectivity index (χ3v) is 6.28. The molecule has 3 aromatic carbocycles. The van der Waals surface area contributed by atoms with Gasteiger partial charge in [0, 0.05) is 22.2 Å².